The minimum absolute atomic E-state index is 0.0742. The number of hydrogen-bond acceptors (Lipinski definition) is 4. The number of nitrogens with one attached hydrogen (secondary N) is 2. The Labute approximate surface area is 143 Å². The third-order valence-corrected chi connectivity index (χ3v) is 3.74. The average molecular weight is 327 g/mol. The molecule has 1 aromatic heterocycles. The number of nitrogens with zero attached hydrogens (tertiary/aromatic N) is 1. The van der Waals surface area contributed by atoms with Gasteiger partial charge in [0.05, 0.1) is 12.7 Å². The molecule has 0 aliphatic heterocycles. The first-order valence-electron chi connectivity index (χ1n) is 8.34. The summed E-state index contributed by atoms with van der Waals surface area (Å²) in [6.45, 7) is 3.46. The zero-order valence-electron chi connectivity index (χ0n) is 14.3. The van der Waals surface area contributed by atoms with E-state index in [0.717, 1.165) is 36.4 Å². The van der Waals surface area contributed by atoms with Gasteiger partial charge in [-0.3, -0.25) is 4.79 Å². The van der Waals surface area contributed by atoms with Crippen LogP contribution < -0.4 is 15.4 Å². The Bertz CT molecular complexity index is 641. The average Bonchev–Trinajstić information content (AvgIpc) is 2.64. The van der Waals surface area contributed by atoms with Crippen molar-refractivity contribution in [3.05, 3.63) is 53.7 Å². The molecule has 0 unspecified atom stereocenters. The Hall–Kier alpha value is -2.56. The van der Waals surface area contributed by atoms with Crippen molar-refractivity contribution in [3.63, 3.8) is 0 Å². The molecule has 2 aromatic rings. The highest BCUT2D eigenvalue weighted by molar-refractivity contribution is 5.94. The van der Waals surface area contributed by atoms with Gasteiger partial charge in [0.15, 0.2) is 0 Å². The lowest BCUT2D eigenvalue weighted by Crippen LogP contribution is -2.24. The van der Waals surface area contributed by atoms with Crippen LogP contribution in [-0.2, 0) is 6.54 Å². The van der Waals surface area contributed by atoms with E-state index in [-0.39, 0.29) is 5.91 Å². The number of hydrogen-bond donors (Lipinski definition) is 2. The van der Waals surface area contributed by atoms with Crippen LogP contribution in [0.15, 0.2) is 42.6 Å². The van der Waals surface area contributed by atoms with Gasteiger partial charge < -0.3 is 15.4 Å². The number of carbonyl (C=O) groups excluding carboxylic acids is 1. The van der Waals surface area contributed by atoms with Crippen molar-refractivity contribution >= 4 is 11.7 Å². The molecular formula is C19H25N3O2. The first-order chi connectivity index (χ1) is 11.7. The maximum absolute atomic E-state index is 12.0. The molecule has 1 amide bonds. The van der Waals surface area contributed by atoms with E-state index in [4.69, 9.17) is 4.74 Å². The molecule has 0 spiro atoms. The molecule has 24 heavy (non-hydrogen) atoms. The van der Waals surface area contributed by atoms with Crippen LogP contribution in [0, 0.1) is 0 Å². The molecule has 0 fully saturated rings. The largest absolute Gasteiger partial charge is 0.496 e. The van der Waals surface area contributed by atoms with Gasteiger partial charge in [-0.2, -0.15) is 0 Å². The minimum Gasteiger partial charge on any atom is -0.496 e. The quantitative estimate of drug-likeness (QED) is 0.691. The molecule has 2 N–H and O–H groups in total. The first-order valence-corrected chi connectivity index (χ1v) is 8.34. The lowest BCUT2D eigenvalue weighted by atomic mass is 10.2. The van der Waals surface area contributed by atoms with Gasteiger partial charge in [0.2, 0.25) is 0 Å². The lowest BCUT2D eigenvalue weighted by Gasteiger charge is -2.10. The summed E-state index contributed by atoms with van der Waals surface area (Å²) in [6.07, 6.45) is 4.88. The molecule has 0 saturated carbocycles. The maximum Gasteiger partial charge on any atom is 0.252 e. The molecule has 0 atom stereocenters. The van der Waals surface area contributed by atoms with Gasteiger partial charge >= 0.3 is 0 Å². The first kappa shape index (κ1) is 17.8. The van der Waals surface area contributed by atoms with Gasteiger partial charge in [0, 0.05) is 24.8 Å². The number of carbonyl (C=O) groups is 1. The van der Waals surface area contributed by atoms with Crippen LogP contribution in [-0.4, -0.2) is 24.5 Å². The third kappa shape index (κ3) is 5.26. The fraction of sp³-hybridized carbons (Fsp3) is 0.368. The topological polar surface area (TPSA) is 63.2 Å². The monoisotopic (exact) mass is 327 g/mol. The fourth-order valence-electron chi connectivity index (χ4n) is 2.35. The van der Waals surface area contributed by atoms with E-state index >= 15 is 0 Å². The zero-order chi connectivity index (χ0) is 17.2. The SMILES string of the molecule is CCCCCNC(=O)c1ccc(NCc2ccccc2OC)nc1. The summed E-state index contributed by atoms with van der Waals surface area (Å²) in [4.78, 5) is 16.3. The Morgan fingerprint density at radius 3 is 2.71 bits per heavy atom. The molecule has 0 aliphatic carbocycles. The van der Waals surface area contributed by atoms with Gasteiger partial charge in [-0.15, -0.1) is 0 Å². The van der Waals surface area contributed by atoms with E-state index in [0.29, 0.717) is 18.7 Å². The summed E-state index contributed by atoms with van der Waals surface area (Å²) in [5.41, 5.74) is 1.63. The molecule has 0 saturated heterocycles. The van der Waals surface area contributed by atoms with E-state index in [1.807, 2.05) is 30.3 Å². The number of aromatic nitrogens is 1. The highest BCUT2D eigenvalue weighted by Gasteiger charge is 2.06. The number of rotatable bonds is 9. The van der Waals surface area contributed by atoms with Crippen molar-refractivity contribution in [3.8, 4) is 5.75 Å². The van der Waals surface area contributed by atoms with Crippen LogP contribution in [0.1, 0.15) is 42.1 Å². The molecule has 0 bridgehead atoms. The van der Waals surface area contributed by atoms with Crippen LogP contribution in [0.2, 0.25) is 0 Å². The smallest absolute Gasteiger partial charge is 0.252 e. The normalized spacial score (nSPS) is 10.2. The van der Waals surface area contributed by atoms with Gasteiger partial charge in [0.1, 0.15) is 11.6 Å². The van der Waals surface area contributed by atoms with Crippen molar-refractivity contribution in [2.24, 2.45) is 0 Å². The third-order valence-electron chi connectivity index (χ3n) is 3.74. The summed E-state index contributed by atoms with van der Waals surface area (Å²) < 4.78 is 5.33. The second kappa shape index (κ2) is 9.55. The molecule has 5 heteroatoms. The van der Waals surface area contributed by atoms with Crippen molar-refractivity contribution in [2.75, 3.05) is 19.0 Å². The van der Waals surface area contributed by atoms with Gasteiger partial charge in [-0.05, 0) is 24.6 Å². The predicted octanol–water partition coefficient (Wildman–Crippen LogP) is 3.62. The molecule has 0 radical (unpaired) electrons. The Balaban J connectivity index is 1.86. The second-order valence-electron chi connectivity index (χ2n) is 5.56. The summed E-state index contributed by atoms with van der Waals surface area (Å²) in [6, 6.07) is 11.4. The van der Waals surface area contributed by atoms with Crippen LogP contribution in [0.25, 0.3) is 0 Å². The second-order valence-corrected chi connectivity index (χ2v) is 5.56. The standard InChI is InChI=1S/C19H25N3O2/c1-3-4-7-12-20-19(23)16-10-11-18(22-14-16)21-13-15-8-5-6-9-17(15)24-2/h5-6,8-11,14H,3-4,7,12-13H2,1-2H3,(H,20,23)(H,21,22). The van der Waals surface area contributed by atoms with E-state index in [1.165, 1.54) is 0 Å². The van der Waals surface area contributed by atoms with Crippen LogP contribution >= 0.6 is 0 Å². The number of unbranched alkanes of at least 4 members (excludes halogenated alkanes) is 2. The number of anilines is 1. The Morgan fingerprint density at radius 2 is 2.00 bits per heavy atom. The predicted molar refractivity (Wildman–Crippen MR) is 96.4 cm³/mol. The molecule has 2 rings (SSSR count). The number of benzene rings is 1. The Morgan fingerprint density at radius 1 is 1.17 bits per heavy atom. The highest BCUT2D eigenvalue weighted by atomic mass is 16.5. The number of para-hydroxylation sites is 1. The molecule has 0 aliphatic rings. The van der Waals surface area contributed by atoms with Gasteiger partial charge in [-0.1, -0.05) is 38.0 Å². The summed E-state index contributed by atoms with van der Waals surface area (Å²) >= 11 is 0. The molecule has 128 valence electrons. The number of amides is 1. The van der Waals surface area contributed by atoms with E-state index < -0.39 is 0 Å². The van der Waals surface area contributed by atoms with E-state index in [2.05, 4.69) is 22.5 Å². The molecule has 1 heterocycles. The van der Waals surface area contributed by atoms with Crippen LogP contribution in [0.5, 0.6) is 5.75 Å². The van der Waals surface area contributed by atoms with E-state index in [9.17, 15) is 4.79 Å². The van der Waals surface area contributed by atoms with Crippen molar-refractivity contribution in [1.29, 1.82) is 0 Å². The lowest BCUT2D eigenvalue weighted by molar-refractivity contribution is 0.0952. The number of methoxy groups -OCH3 is 1. The van der Waals surface area contributed by atoms with Crippen LogP contribution in [0.4, 0.5) is 5.82 Å². The highest BCUT2D eigenvalue weighted by Crippen LogP contribution is 2.18. The van der Waals surface area contributed by atoms with Crippen molar-refractivity contribution < 1.29 is 9.53 Å². The zero-order valence-corrected chi connectivity index (χ0v) is 14.3. The maximum atomic E-state index is 12.0. The molecule has 5 nitrogen and oxygen atoms in total. The minimum atomic E-state index is -0.0742. The van der Waals surface area contributed by atoms with Gasteiger partial charge in [0.25, 0.3) is 5.91 Å². The summed E-state index contributed by atoms with van der Waals surface area (Å²) in [5.74, 6) is 1.49. The Kier molecular flexibility index (Phi) is 7.08. The van der Waals surface area contributed by atoms with Crippen molar-refractivity contribution in [1.82, 2.24) is 10.3 Å². The number of pyridine rings is 1. The summed E-state index contributed by atoms with van der Waals surface area (Å²) in [5, 5.41) is 6.15. The molecule has 1 aromatic carbocycles. The fourth-order valence-corrected chi connectivity index (χ4v) is 2.35. The summed E-state index contributed by atoms with van der Waals surface area (Å²) in [7, 11) is 1.66. The number of ether oxygens (including phenoxy) is 1. The van der Waals surface area contributed by atoms with Crippen molar-refractivity contribution in [2.45, 2.75) is 32.7 Å². The molecular weight excluding hydrogens is 302 g/mol. The van der Waals surface area contributed by atoms with Gasteiger partial charge in [-0.25, -0.2) is 4.98 Å². The van der Waals surface area contributed by atoms with E-state index in [1.54, 1.807) is 19.4 Å². The van der Waals surface area contributed by atoms with Crippen LogP contribution in [0.3, 0.4) is 0 Å².